The molecule has 26 heavy (non-hydrogen) atoms. The van der Waals surface area contributed by atoms with E-state index in [9.17, 15) is 18.4 Å². The molecule has 1 aliphatic heterocycles. The molecule has 0 N–H and O–H groups in total. The van der Waals surface area contributed by atoms with Gasteiger partial charge in [0.05, 0.1) is 13.2 Å². The first-order chi connectivity index (χ1) is 12.0. The molecule has 1 heterocycles. The van der Waals surface area contributed by atoms with Gasteiger partial charge in [0.2, 0.25) is 0 Å². The van der Waals surface area contributed by atoms with Gasteiger partial charge in [-0.3, -0.25) is 14.5 Å². The average molecular weight is 370 g/mol. The Hall–Kier alpha value is -2.22. The summed E-state index contributed by atoms with van der Waals surface area (Å²) in [7, 11) is 2.77. The topological polar surface area (TPSA) is 59.1 Å². The molecule has 144 valence electrons. The summed E-state index contributed by atoms with van der Waals surface area (Å²) in [5, 5.41) is 1.02. The maximum Gasteiger partial charge on any atom is 0.411 e. The number of rotatable bonds is 3. The molecule has 2 atom stereocenters. The van der Waals surface area contributed by atoms with E-state index < -0.39 is 41.3 Å². The second-order valence-corrected chi connectivity index (χ2v) is 7.22. The molecular formula is C18H24F2N2O4. The van der Waals surface area contributed by atoms with Crippen LogP contribution in [0.15, 0.2) is 18.2 Å². The third-order valence-corrected chi connectivity index (χ3v) is 4.13. The van der Waals surface area contributed by atoms with Crippen LogP contribution in [0.1, 0.15) is 45.2 Å². The molecule has 2 amide bonds. The van der Waals surface area contributed by atoms with Gasteiger partial charge >= 0.3 is 6.09 Å². The Balaban J connectivity index is 2.40. The molecule has 0 unspecified atom stereocenters. The average Bonchev–Trinajstić information content (AvgIpc) is 2.95. The quantitative estimate of drug-likeness (QED) is 0.765. The number of benzene rings is 1. The minimum absolute atomic E-state index is 0.281. The summed E-state index contributed by atoms with van der Waals surface area (Å²) in [4.78, 5) is 31.5. The van der Waals surface area contributed by atoms with Crippen molar-refractivity contribution in [3.8, 4) is 0 Å². The summed E-state index contributed by atoms with van der Waals surface area (Å²) in [6.45, 7) is 5.11. The first-order valence-corrected chi connectivity index (χ1v) is 8.32. The van der Waals surface area contributed by atoms with Crippen molar-refractivity contribution in [3.63, 3.8) is 0 Å². The number of carbonyl (C=O) groups is 2. The minimum atomic E-state index is -0.842. The highest BCUT2D eigenvalue weighted by atomic mass is 19.1. The fourth-order valence-corrected chi connectivity index (χ4v) is 3.02. The second-order valence-electron chi connectivity index (χ2n) is 7.22. The number of ether oxygens (including phenoxy) is 1. The molecular weight excluding hydrogens is 346 g/mol. The zero-order valence-electron chi connectivity index (χ0n) is 15.6. The van der Waals surface area contributed by atoms with Gasteiger partial charge in [-0.2, -0.15) is 0 Å². The highest BCUT2D eigenvalue weighted by Gasteiger charge is 2.44. The van der Waals surface area contributed by atoms with E-state index in [-0.39, 0.29) is 5.56 Å². The number of hydrogen-bond donors (Lipinski definition) is 0. The van der Waals surface area contributed by atoms with Crippen LogP contribution in [0.4, 0.5) is 13.6 Å². The number of carbonyl (C=O) groups excluding carboxylic acids is 2. The Morgan fingerprint density at radius 2 is 1.73 bits per heavy atom. The first kappa shape index (κ1) is 20.1. The van der Waals surface area contributed by atoms with Gasteiger partial charge in [0.1, 0.15) is 23.3 Å². The molecule has 1 saturated heterocycles. The van der Waals surface area contributed by atoms with E-state index in [0.29, 0.717) is 12.8 Å². The lowest BCUT2D eigenvalue weighted by Gasteiger charge is -2.33. The molecule has 0 aromatic heterocycles. The maximum absolute atomic E-state index is 13.6. The predicted octanol–water partition coefficient (Wildman–Crippen LogP) is 3.43. The van der Waals surface area contributed by atoms with Crippen molar-refractivity contribution in [2.24, 2.45) is 0 Å². The molecule has 1 aromatic rings. The third kappa shape index (κ3) is 4.49. The van der Waals surface area contributed by atoms with Crippen LogP contribution in [0.5, 0.6) is 0 Å². The summed E-state index contributed by atoms with van der Waals surface area (Å²) in [5.74, 6) is -1.92. The Kier molecular flexibility index (Phi) is 5.85. The van der Waals surface area contributed by atoms with Crippen molar-refractivity contribution in [3.05, 3.63) is 35.4 Å². The second kappa shape index (κ2) is 7.57. The number of hydroxylamine groups is 2. The summed E-state index contributed by atoms with van der Waals surface area (Å²) in [5.41, 5.74) is -0.498. The highest BCUT2D eigenvalue weighted by Crippen LogP contribution is 2.38. The summed E-state index contributed by atoms with van der Waals surface area (Å²) in [6, 6.07) is 1.58. The molecule has 1 fully saturated rings. The molecule has 8 heteroatoms. The highest BCUT2D eigenvalue weighted by molar-refractivity contribution is 5.86. The molecule has 6 nitrogen and oxygen atoms in total. The lowest BCUT2D eigenvalue weighted by molar-refractivity contribution is -0.173. The number of hydrogen-bond acceptors (Lipinski definition) is 4. The Morgan fingerprint density at radius 1 is 1.15 bits per heavy atom. The van der Waals surface area contributed by atoms with Crippen LogP contribution < -0.4 is 0 Å². The molecule has 2 rings (SSSR count). The number of amides is 2. The third-order valence-electron chi connectivity index (χ3n) is 4.13. The van der Waals surface area contributed by atoms with Gasteiger partial charge in [-0.1, -0.05) is 0 Å². The molecule has 0 aliphatic carbocycles. The first-order valence-electron chi connectivity index (χ1n) is 8.32. The van der Waals surface area contributed by atoms with Crippen LogP contribution in [0.25, 0.3) is 0 Å². The van der Waals surface area contributed by atoms with Crippen LogP contribution in [0, 0.1) is 11.6 Å². The van der Waals surface area contributed by atoms with Crippen LogP contribution in [0.3, 0.4) is 0 Å². The van der Waals surface area contributed by atoms with E-state index >= 15 is 0 Å². The number of nitrogens with zero attached hydrogens (tertiary/aromatic N) is 2. The predicted molar refractivity (Wildman–Crippen MR) is 90.0 cm³/mol. The van der Waals surface area contributed by atoms with Gasteiger partial charge in [0, 0.05) is 13.1 Å². The van der Waals surface area contributed by atoms with E-state index in [1.54, 1.807) is 20.8 Å². The zero-order valence-corrected chi connectivity index (χ0v) is 15.6. The van der Waals surface area contributed by atoms with Gasteiger partial charge in [-0.05, 0) is 51.3 Å². The smallest absolute Gasteiger partial charge is 0.411 e. The van der Waals surface area contributed by atoms with Crippen molar-refractivity contribution in [2.75, 3.05) is 14.2 Å². The number of likely N-dealkylation sites (N-methyl/N-ethyl adjacent to an activating group) is 1. The van der Waals surface area contributed by atoms with E-state index in [1.807, 2.05) is 0 Å². The van der Waals surface area contributed by atoms with E-state index in [0.717, 1.165) is 23.3 Å². The van der Waals surface area contributed by atoms with Crippen LogP contribution in [0.2, 0.25) is 0 Å². The Labute approximate surface area is 151 Å². The van der Waals surface area contributed by atoms with Gasteiger partial charge in [-0.25, -0.2) is 18.6 Å². The van der Waals surface area contributed by atoms with Crippen molar-refractivity contribution in [2.45, 2.75) is 51.3 Å². The number of likely N-dealkylation sites (tertiary alicyclic amines) is 1. The van der Waals surface area contributed by atoms with Gasteiger partial charge in [0.25, 0.3) is 5.91 Å². The summed E-state index contributed by atoms with van der Waals surface area (Å²) < 4.78 is 32.7. The fraction of sp³-hybridized carbons (Fsp3) is 0.556. The Bertz CT molecular complexity index is 670. The van der Waals surface area contributed by atoms with Crippen molar-refractivity contribution >= 4 is 12.0 Å². The molecule has 0 saturated carbocycles. The Morgan fingerprint density at radius 3 is 2.23 bits per heavy atom. The summed E-state index contributed by atoms with van der Waals surface area (Å²) >= 11 is 0. The summed E-state index contributed by atoms with van der Waals surface area (Å²) in [6.07, 6.45) is -0.0162. The van der Waals surface area contributed by atoms with Crippen molar-refractivity contribution in [1.29, 1.82) is 0 Å². The molecule has 0 spiro atoms. The lowest BCUT2D eigenvalue weighted by Crippen LogP contribution is -2.48. The SMILES string of the molecule is CON(C)C(=O)[C@H]1CC[C@@H](c2cc(F)cc(F)c2)N1C(=O)OC(C)(C)C. The van der Waals surface area contributed by atoms with Crippen LogP contribution in [-0.2, 0) is 14.4 Å². The van der Waals surface area contributed by atoms with Gasteiger partial charge in [0.15, 0.2) is 0 Å². The van der Waals surface area contributed by atoms with Crippen LogP contribution in [-0.4, -0.2) is 47.8 Å². The van der Waals surface area contributed by atoms with Crippen molar-refractivity contribution in [1.82, 2.24) is 9.96 Å². The van der Waals surface area contributed by atoms with E-state index in [1.165, 1.54) is 19.1 Å². The molecule has 0 radical (unpaired) electrons. The molecule has 0 bridgehead atoms. The van der Waals surface area contributed by atoms with Crippen molar-refractivity contribution < 1.29 is 27.9 Å². The maximum atomic E-state index is 13.6. The van der Waals surface area contributed by atoms with Gasteiger partial charge in [-0.15, -0.1) is 0 Å². The molecule has 1 aromatic carbocycles. The standard InChI is InChI=1S/C18H24F2N2O4/c1-18(2,3)26-17(24)22-14(11-8-12(19)10-13(20)9-11)6-7-15(22)16(23)21(4)25-5/h8-10,14-15H,6-7H2,1-5H3/t14-,15+/m0/s1. The largest absolute Gasteiger partial charge is 0.444 e. The monoisotopic (exact) mass is 370 g/mol. The van der Waals surface area contributed by atoms with Crippen LogP contribution >= 0.6 is 0 Å². The fourth-order valence-electron chi connectivity index (χ4n) is 3.02. The lowest BCUT2D eigenvalue weighted by atomic mass is 10.0. The zero-order chi connectivity index (χ0) is 19.6. The normalized spacial score (nSPS) is 20.2. The minimum Gasteiger partial charge on any atom is -0.444 e. The van der Waals surface area contributed by atoms with Gasteiger partial charge < -0.3 is 4.74 Å². The van der Waals surface area contributed by atoms with E-state index in [2.05, 4.69) is 0 Å². The molecule has 1 aliphatic rings. The number of halogens is 2. The van der Waals surface area contributed by atoms with E-state index in [4.69, 9.17) is 9.57 Å².